The van der Waals surface area contributed by atoms with Crippen LogP contribution in [0.3, 0.4) is 0 Å². The minimum atomic E-state index is -2.02. The lowest BCUT2D eigenvalue weighted by Gasteiger charge is -2.38. The van der Waals surface area contributed by atoms with E-state index in [9.17, 15) is 10.1 Å². The van der Waals surface area contributed by atoms with E-state index in [1.807, 2.05) is 6.07 Å². The van der Waals surface area contributed by atoms with Gasteiger partial charge in [-0.15, -0.1) is 11.1 Å². The van der Waals surface area contributed by atoms with Crippen molar-refractivity contribution in [2.75, 3.05) is 11.9 Å². The van der Waals surface area contributed by atoms with Gasteiger partial charge in [0.1, 0.15) is 21.8 Å². The van der Waals surface area contributed by atoms with Gasteiger partial charge in [0.05, 0.1) is 4.92 Å². The smallest absolute Gasteiger partial charge is 0.293 e. The second kappa shape index (κ2) is 13.9. The van der Waals surface area contributed by atoms with Crippen LogP contribution in [-0.2, 0) is 0 Å². The van der Waals surface area contributed by atoms with Crippen molar-refractivity contribution < 1.29 is 4.92 Å². The third-order valence-electron chi connectivity index (χ3n) is 8.59. The van der Waals surface area contributed by atoms with Crippen LogP contribution < -0.4 is 5.32 Å². The zero-order valence-electron chi connectivity index (χ0n) is 26.7. The van der Waals surface area contributed by atoms with Crippen LogP contribution in [0.5, 0.6) is 0 Å². The predicted octanol–water partition coefficient (Wildman–Crippen LogP) is 9.80. The molecule has 1 rings (SSSR count). The van der Waals surface area contributed by atoms with Crippen molar-refractivity contribution in [1.29, 1.82) is 0 Å². The zero-order chi connectivity index (χ0) is 29.6. The fourth-order valence-electron chi connectivity index (χ4n) is 6.62. The van der Waals surface area contributed by atoms with Crippen molar-refractivity contribution in [1.82, 2.24) is 0 Å². The molecular formula is C32H54N2O2Si2. The Morgan fingerprint density at radius 3 is 1.32 bits per heavy atom. The Hall–Kier alpha value is -2.03. The van der Waals surface area contributed by atoms with Gasteiger partial charge in [0.2, 0.25) is 0 Å². The van der Waals surface area contributed by atoms with Gasteiger partial charge in [-0.3, -0.25) is 10.1 Å². The summed E-state index contributed by atoms with van der Waals surface area (Å²) in [7, 11) is -4.01. The monoisotopic (exact) mass is 554 g/mol. The molecule has 1 N–H and O–H groups in total. The van der Waals surface area contributed by atoms with Gasteiger partial charge in [-0.2, -0.15) is 0 Å². The van der Waals surface area contributed by atoms with Crippen LogP contribution in [0.2, 0.25) is 33.2 Å². The Labute approximate surface area is 236 Å². The quantitative estimate of drug-likeness (QED) is 0.135. The molecule has 1 aromatic rings. The van der Waals surface area contributed by atoms with E-state index in [1.54, 1.807) is 6.07 Å². The number of nitro groups is 1. The highest BCUT2D eigenvalue weighted by Gasteiger charge is 2.43. The molecular weight excluding hydrogens is 501 g/mol. The van der Waals surface area contributed by atoms with Crippen molar-refractivity contribution in [2.45, 2.75) is 130 Å². The van der Waals surface area contributed by atoms with Gasteiger partial charge in [0, 0.05) is 23.7 Å². The highest BCUT2D eigenvalue weighted by molar-refractivity contribution is 6.91. The minimum absolute atomic E-state index is 0.0755. The third kappa shape index (κ3) is 7.33. The minimum Gasteiger partial charge on any atom is -0.379 e. The van der Waals surface area contributed by atoms with E-state index in [0.717, 1.165) is 5.56 Å². The summed E-state index contributed by atoms with van der Waals surface area (Å²) >= 11 is 0. The number of hydrogen-bond donors (Lipinski definition) is 1. The van der Waals surface area contributed by atoms with Crippen LogP contribution in [-0.4, -0.2) is 27.6 Å². The molecule has 0 aliphatic carbocycles. The van der Waals surface area contributed by atoms with Crippen LogP contribution in [0, 0.1) is 39.0 Å². The Balaban J connectivity index is 4.09. The number of anilines is 1. The number of nitrogens with zero attached hydrogens (tertiary/aromatic N) is 1. The number of rotatable bonds is 10. The van der Waals surface area contributed by atoms with Gasteiger partial charge in [0.15, 0.2) is 0 Å². The highest BCUT2D eigenvalue weighted by Crippen LogP contribution is 2.42. The summed E-state index contributed by atoms with van der Waals surface area (Å²) < 4.78 is 0. The van der Waals surface area contributed by atoms with E-state index < -0.39 is 16.1 Å². The molecule has 0 fully saturated rings. The predicted molar refractivity (Wildman–Crippen MR) is 172 cm³/mol. The molecule has 0 saturated carbocycles. The van der Waals surface area contributed by atoms with Gasteiger partial charge in [-0.25, -0.2) is 0 Å². The SMILES string of the molecule is CC(C)CNc1cc(C#C[Si](C(C)C)(C(C)C)C(C)C)c(C#C[Si](C(C)C)(C(C)C)C(C)C)cc1[N+](=O)[O-]. The Bertz CT molecular complexity index is 1040. The number of hydrogen-bond acceptors (Lipinski definition) is 3. The summed E-state index contributed by atoms with van der Waals surface area (Å²) in [6.07, 6.45) is 0. The lowest BCUT2D eigenvalue weighted by atomic mass is 10.1. The van der Waals surface area contributed by atoms with Crippen molar-refractivity contribution in [2.24, 2.45) is 5.92 Å². The van der Waals surface area contributed by atoms with Crippen LogP contribution >= 0.6 is 0 Å². The summed E-state index contributed by atoms with van der Waals surface area (Å²) in [6.45, 7) is 32.4. The molecule has 38 heavy (non-hydrogen) atoms. The molecule has 0 atom stereocenters. The molecule has 0 saturated heterocycles. The first-order valence-electron chi connectivity index (χ1n) is 14.6. The van der Waals surface area contributed by atoms with Crippen LogP contribution in [0.15, 0.2) is 12.1 Å². The van der Waals surface area contributed by atoms with E-state index in [4.69, 9.17) is 0 Å². The molecule has 212 valence electrons. The molecule has 0 radical (unpaired) electrons. The molecule has 0 heterocycles. The fourth-order valence-corrected chi connectivity index (χ4v) is 17.1. The van der Waals surface area contributed by atoms with Crippen molar-refractivity contribution in [3.8, 4) is 22.9 Å². The molecule has 0 bridgehead atoms. The van der Waals surface area contributed by atoms with E-state index >= 15 is 0 Å². The molecule has 0 amide bonds. The van der Waals surface area contributed by atoms with E-state index in [2.05, 4.69) is 125 Å². The van der Waals surface area contributed by atoms with E-state index in [0.29, 0.717) is 57.0 Å². The second-order valence-corrected chi connectivity index (χ2v) is 24.4. The third-order valence-corrected chi connectivity index (χ3v) is 21.2. The fraction of sp³-hybridized carbons (Fsp3) is 0.688. The summed E-state index contributed by atoms with van der Waals surface area (Å²) in [5.41, 5.74) is 12.7. The molecule has 0 aliphatic rings. The molecule has 0 aromatic heterocycles. The summed E-state index contributed by atoms with van der Waals surface area (Å²) in [5.74, 6) is 7.44. The Morgan fingerprint density at radius 1 is 0.684 bits per heavy atom. The first-order chi connectivity index (χ1) is 17.4. The van der Waals surface area contributed by atoms with Crippen LogP contribution in [0.1, 0.15) is 108 Å². The zero-order valence-corrected chi connectivity index (χ0v) is 28.7. The largest absolute Gasteiger partial charge is 0.379 e. The lowest BCUT2D eigenvalue weighted by Crippen LogP contribution is -2.43. The maximum atomic E-state index is 12.1. The normalized spacial score (nSPS) is 12.4. The van der Waals surface area contributed by atoms with Gasteiger partial charge in [-0.1, -0.05) is 109 Å². The second-order valence-electron chi connectivity index (χ2n) is 13.2. The maximum Gasteiger partial charge on any atom is 0.293 e. The van der Waals surface area contributed by atoms with Crippen LogP contribution in [0.25, 0.3) is 0 Å². The van der Waals surface area contributed by atoms with Gasteiger partial charge >= 0.3 is 0 Å². The van der Waals surface area contributed by atoms with E-state index in [1.165, 1.54) is 0 Å². The van der Waals surface area contributed by atoms with Crippen molar-refractivity contribution in [3.05, 3.63) is 33.4 Å². The lowest BCUT2D eigenvalue weighted by molar-refractivity contribution is -0.384. The summed E-state index contributed by atoms with van der Waals surface area (Å²) in [6, 6.07) is 3.56. The molecule has 1 aromatic carbocycles. The Morgan fingerprint density at radius 2 is 1.03 bits per heavy atom. The van der Waals surface area contributed by atoms with Crippen LogP contribution in [0.4, 0.5) is 11.4 Å². The Kier molecular flexibility index (Phi) is 12.4. The first kappa shape index (κ1) is 34.0. The highest BCUT2D eigenvalue weighted by atomic mass is 28.3. The van der Waals surface area contributed by atoms with Crippen molar-refractivity contribution in [3.63, 3.8) is 0 Å². The number of benzene rings is 1. The summed E-state index contributed by atoms with van der Waals surface area (Å²) in [5, 5.41) is 15.5. The van der Waals surface area contributed by atoms with Gasteiger partial charge in [0.25, 0.3) is 5.69 Å². The maximum absolute atomic E-state index is 12.1. The number of nitro benzene ring substituents is 1. The average Bonchev–Trinajstić information content (AvgIpc) is 2.77. The standard InChI is InChI=1S/C32H54N2O2Si2/c1-22(2)21-33-31-19-29(15-17-37(23(3)4,24(5)6)25(7)8)30(20-32(31)34(35)36)16-18-38(26(9)10,27(11)12)28(13)14/h19-20,22-28,33H,21H2,1-14H3. The average molecular weight is 555 g/mol. The van der Waals surface area contributed by atoms with E-state index in [-0.39, 0.29) is 10.6 Å². The van der Waals surface area contributed by atoms with Gasteiger partial charge in [-0.05, 0) is 45.2 Å². The number of nitrogens with one attached hydrogen (secondary N) is 1. The summed E-state index contributed by atoms with van der Waals surface area (Å²) in [4.78, 5) is 11.8. The van der Waals surface area contributed by atoms with Gasteiger partial charge < -0.3 is 5.32 Å². The molecule has 0 unspecified atom stereocenters. The topological polar surface area (TPSA) is 55.2 Å². The molecule has 6 heteroatoms. The molecule has 4 nitrogen and oxygen atoms in total. The molecule has 0 spiro atoms. The van der Waals surface area contributed by atoms with Crippen molar-refractivity contribution >= 4 is 27.5 Å². The first-order valence-corrected chi connectivity index (χ1v) is 19.0. The molecule has 0 aliphatic heterocycles.